The van der Waals surface area contributed by atoms with Gasteiger partial charge in [0, 0.05) is 23.2 Å². The first-order valence-electron chi connectivity index (χ1n) is 10.0. The minimum Gasteiger partial charge on any atom is -0.487 e. The maximum absolute atomic E-state index is 14.3. The van der Waals surface area contributed by atoms with Crippen LogP contribution in [0.4, 0.5) is 4.39 Å². The van der Waals surface area contributed by atoms with Gasteiger partial charge in [0.05, 0.1) is 23.0 Å². The van der Waals surface area contributed by atoms with Crippen LogP contribution >= 0.6 is 23.2 Å². The average molecular weight is 463 g/mol. The number of aromatic nitrogens is 1. The second kappa shape index (κ2) is 10.9. The Labute approximate surface area is 192 Å². The maximum Gasteiger partial charge on any atom is 0.146 e. The molecule has 3 aromatic rings. The first-order chi connectivity index (χ1) is 14.9. The number of aliphatic hydroxyl groups is 1. The van der Waals surface area contributed by atoms with Gasteiger partial charge in [-0.25, -0.2) is 9.37 Å². The van der Waals surface area contributed by atoms with Gasteiger partial charge in [-0.15, -0.1) is 0 Å². The number of hydrogen-bond donors (Lipinski definition) is 2. The predicted molar refractivity (Wildman–Crippen MR) is 123 cm³/mol. The van der Waals surface area contributed by atoms with E-state index in [1.807, 2.05) is 38.1 Å². The molecule has 0 radical (unpaired) electrons. The molecule has 0 aliphatic carbocycles. The van der Waals surface area contributed by atoms with Crippen molar-refractivity contribution in [3.8, 4) is 17.0 Å². The van der Waals surface area contributed by atoms with Crippen molar-refractivity contribution >= 4 is 23.2 Å². The van der Waals surface area contributed by atoms with Gasteiger partial charge in [0.2, 0.25) is 0 Å². The van der Waals surface area contributed by atoms with Gasteiger partial charge in [0.1, 0.15) is 18.2 Å². The fraction of sp³-hybridized carbons (Fsp3) is 0.292. The van der Waals surface area contributed by atoms with Crippen molar-refractivity contribution in [2.45, 2.75) is 33.0 Å². The lowest BCUT2D eigenvalue weighted by Crippen LogP contribution is -2.36. The van der Waals surface area contributed by atoms with Gasteiger partial charge in [-0.05, 0) is 53.9 Å². The molecule has 1 heterocycles. The fourth-order valence-corrected chi connectivity index (χ4v) is 3.52. The van der Waals surface area contributed by atoms with E-state index in [0.29, 0.717) is 28.1 Å². The summed E-state index contributed by atoms with van der Waals surface area (Å²) in [5.74, 6) is 0.357. The van der Waals surface area contributed by atoms with Gasteiger partial charge in [-0.2, -0.15) is 0 Å². The van der Waals surface area contributed by atoms with Crippen molar-refractivity contribution in [2.75, 3.05) is 6.61 Å². The number of ether oxygens (including phenoxy) is 1. The van der Waals surface area contributed by atoms with E-state index < -0.39 is 5.82 Å². The standard InChI is InChI=1S/C24H25Cl2FN2O2/c1-15(2)23(13-30)28-12-22-20(27)7-8-21(29-22)17-6-9-24(19(26)11-17)31-14-16-4-3-5-18(25)10-16/h3-11,15,23,28,30H,12-14H2,1-2H3/t23-/m0/s1. The fourth-order valence-electron chi connectivity index (χ4n) is 3.07. The van der Waals surface area contributed by atoms with E-state index in [0.717, 1.165) is 11.1 Å². The molecule has 31 heavy (non-hydrogen) atoms. The Balaban J connectivity index is 1.73. The van der Waals surface area contributed by atoms with Crippen LogP contribution in [-0.4, -0.2) is 22.7 Å². The van der Waals surface area contributed by atoms with Crippen LogP contribution in [0.1, 0.15) is 25.1 Å². The molecule has 0 aliphatic heterocycles. The molecule has 1 atom stereocenters. The minimum atomic E-state index is -0.399. The number of halogens is 3. The van der Waals surface area contributed by atoms with E-state index in [2.05, 4.69) is 10.3 Å². The topological polar surface area (TPSA) is 54.4 Å². The lowest BCUT2D eigenvalue weighted by molar-refractivity contribution is 0.209. The maximum atomic E-state index is 14.3. The van der Waals surface area contributed by atoms with Gasteiger partial charge in [0.25, 0.3) is 0 Å². The van der Waals surface area contributed by atoms with Gasteiger partial charge < -0.3 is 15.2 Å². The first-order valence-corrected chi connectivity index (χ1v) is 10.8. The summed E-state index contributed by atoms with van der Waals surface area (Å²) in [6.07, 6.45) is 0. The molecule has 0 fully saturated rings. The minimum absolute atomic E-state index is 0.0226. The van der Waals surface area contributed by atoms with Crippen molar-refractivity contribution in [1.82, 2.24) is 10.3 Å². The average Bonchev–Trinajstić information content (AvgIpc) is 2.74. The molecular weight excluding hydrogens is 438 g/mol. The number of rotatable bonds is 9. The summed E-state index contributed by atoms with van der Waals surface area (Å²) >= 11 is 12.4. The van der Waals surface area contributed by atoms with E-state index in [4.69, 9.17) is 27.9 Å². The van der Waals surface area contributed by atoms with E-state index in [9.17, 15) is 9.50 Å². The first kappa shape index (κ1) is 23.5. The van der Waals surface area contributed by atoms with E-state index in [1.54, 1.807) is 24.3 Å². The van der Waals surface area contributed by atoms with Crippen LogP contribution in [0.5, 0.6) is 5.75 Å². The number of hydrogen-bond acceptors (Lipinski definition) is 4. The van der Waals surface area contributed by atoms with Crippen LogP contribution in [0.3, 0.4) is 0 Å². The molecule has 2 aromatic carbocycles. The SMILES string of the molecule is CC(C)[C@H](CO)NCc1nc(-c2ccc(OCc3cccc(Cl)c3)c(Cl)c2)ccc1F. The normalized spacial score (nSPS) is 12.2. The van der Waals surface area contributed by atoms with Crippen LogP contribution < -0.4 is 10.1 Å². The Morgan fingerprint density at radius 3 is 2.58 bits per heavy atom. The van der Waals surface area contributed by atoms with Gasteiger partial charge in [-0.1, -0.05) is 49.2 Å². The quantitative estimate of drug-likeness (QED) is 0.416. The highest BCUT2D eigenvalue weighted by Gasteiger charge is 2.14. The van der Waals surface area contributed by atoms with Crippen molar-refractivity contribution < 1.29 is 14.2 Å². The molecular formula is C24H25Cl2FN2O2. The molecule has 0 bridgehead atoms. The Kier molecular flexibility index (Phi) is 8.27. The highest BCUT2D eigenvalue weighted by atomic mass is 35.5. The molecule has 1 aromatic heterocycles. The number of nitrogens with zero attached hydrogens (tertiary/aromatic N) is 1. The summed E-state index contributed by atoms with van der Waals surface area (Å²) in [5.41, 5.74) is 2.58. The second-order valence-electron chi connectivity index (χ2n) is 7.60. The highest BCUT2D eigenvalue weighted by molar-refractivity contribution is 6.32. The van der Waals surface area contributed by atoms with Crippen LogP contribution in [0.15, 0.2) is 54.6 Å². The summed E-state index contributed by atoms with van der Waals surface area (Å²) in [6, 6.07) is 15.7. The van der Waals surface area contributed by atoms with E-state index in [1.165, 1.54) is 6.07 Å². The van der Waals surface area contributed by atoms with E-state index >= 15 is 0 Å². The largest absolute Gasteiger partial charge is 0.487 e. The van der Waals surface area contributed by atoms with Crippen molar-refractivity contribution in [1.29, 1.82) is 0 Å². The summed E-state index contributed by atoms with van der Waals surface area (Å²) < 4.78 is 20.1. The van der Waals surface area contributed by atoms with Crippen LogP contribution in [0.25, 0.3) is 11.3 Å². The molecule has 0 aliphatic rings. The molecule has 3 rings (SSSR count). The Hall–Kier alpha value is -2.18. The monoisotopic (exact) mass is 462 g/mol. The van der Waals surface area contributed by atoms with Gasteiger partial charge in [-0.3, -0.25) is 0 Å². The smallest absolute Gasteiger partial charge is 0.146 e. The van der Waals surface area contributed by atoms with Crippen LogP contribution in [0.2, 0.25) is 10.0 Å². The molecule has 7 heteroatoms. The zero-order chi connectivity index (χ0) is 22.4. The number of pyridine rings is 1. The molecule has 164 valence electrons. The molecule has 0 saturated carbocycles. The van der Waals surface area contributed by atoms with E-state index in [-0.39, 0.29) is 30.8 Å². The summed E-state index contributed by atoms with van der Waals surface area (Å²) in [7, 11) is 0. The Bertz CT molecular complexity index is 1030. The third-order valence-electron chi connectivity index (χ3n) is 4.96. The summed E-state index contributed by atoms with van der Waals surface area (Å²) in [4.78, 5) is 4.45. The van der Waals surface area contributed by atoms with Crippen molar-refractivity contribution in [2.24, 2.45) is 5.92 Å². The highest BCUT2D eigenvalue weighted by Crippen LogP contribution is 2.31. The Morgan fingerprint density at radius 2 is 1.90 bits per heavy atom. The second-order valence-corrected chi connectivity index (χ2v) is 8.45. The zero-order valence-electron chi connectivity index (χ0n) is 17.4. The number of benzene rings is 2. The summed E-state index contributed by atoms with van der Waals surface area (Å²) in [5, 5.41) is 13.7. The van der Waals surface area contributed by atoms with Crippen molar-refractivity contribution in [3.05, 3.63) is 81.7 Å². The molecule has 0 spiro atoms. The lowest BCUT2D eigenvalue weighted by Gasteiger charge is -2.20. The third kappa shape index (κ3) is 6.40. The predicted octanol–water partition coefficient (Wildman–Crippen LogP) is 5.88. The van der Waals surface area contributed by atoms with Crippen molar-refractivity contribution in [3.63, 3.8) is 0 Å². The molecule has 4 nitrogen and oxygen atoms in total. The zero-order valence-corrected chi connectivity index (χ0v) is 18.9. The molecule has 0 amide bonds. The number of nitrogens with one attached hydrogen (secondary N) is 1. The number of aliphatic hydroxyl groups excluding tert-OH is 1. The molecule has 0 unspecified atom stereocenters. The molecule has 0 saturated heterocycles. The van der Waals surface area contributed by atoms with Gasteiger partial charge in [0.15, 0.2) is 0 Å². The van der Waals surface area contributed by atoms with Crippen LogP contribution in [0, 0.1) is 11.7 Å². The Morgan fingerprint density at radius 1 is 1.10 bits per heavy atom. The lowest BCUT2D eigenvalue weighted by atomic mass is 10.1. The molecule has 2 N–H and O–H groups in total. The third-order valence-corrected chi connectivity index (χ3v) is 5.49. The van der Waals surface area contributed by atoms with Gasteiger partial charge >= 0.3 is 0 Å². The van der Waals surface area contributed by atoms with Crippen LogP contribution in [-0.2, 0) is 13.2 Å². The summed E-state index contributed by atoms with van der Waals surface area (Å²) in [6.45, 7) is 4.52.